The molecule has 1 saturated heterocycles. The zero-order chi connectivity index (χ0) is 10.7. The van der Waals surface area contributed by atoms with E-state index >= 15 is 0 Å². The molecule has 0 radical (unpaired) electrons. The molecule has 82 valence electrons. The monoisotopic (exact) mass is 199 g/mol. The van der Waals surface area contributed by atoms with Gasteiger partial charge in [-0.05, 0) is 27.7 Å². The number of carbonyl (C=O) groups excluding carboxylic acids is 1. The fourth-order valence-electron chi connectivity index (χ4n) is 2.11. The highest BCUT2D eigenvalue weighted by molar-refractivity contribution is 5.76. The lowest BCUT2D eigenvalue weighted by Crippen LogP contribution is -2.52. The Hall–Kier alpha value is -0.410. The lowest BCUT2D eigenvalue weighted by Gasteiger charge is -2.41. The van der Waals surface area contributed by atoms with Crippen LogP contribution in [-0.2, 0) is 9.53 Å². The van der Waals surface area contributed by atoms with E-state index in [1.54, 1.807) is 6.92 Å². The van der Waals surface area contributed by atoms with E-state index in [4.69, 9.17) is 4.74 Å². The molecule has 0 aromatic carbocycles. The molecule has 1 heterocycles. The molecule has 0 N–H and O–H groups in total. The molecule has 0 saturated carbocycles. The summed E-state index contributed by atoms with van der Waals surface area (Å²) in [5.41, 5.74) is 0. The molecular formula is C11H21NO2. The van der Waals surface area contributed by atoms with Crippen molar-refractivity contribution in [3.8, 4) is 0 Å². The van der Waals surface area contributed by atoms with Crippen LogP contribution in [0.1, 0.15) is 34.1 Å². The normalized spacial score (nSPS) is 31.4. The maximum absolute atomic E-state index is 11.0. The molecule has 0 spiro atoms. The Morgan fingerprint density at radius 2 is 2.21 bits per heavy atom. The standard InChI is InChI=1S/C11H21NO2/c1-8(7-9(2)13)12-5-6-14-11(4)10(12)3/h8,10-11H,5-7H2,1-4H3. The van der Waals surface area contributed by atoms with Crippen molar-refractivity contribution in [3.05, 3.63) is 0 Å². The van der Waals surface area contributed by atoms with Crippen LogP contribution in [0.2, 0.25) is 0 Å². The summed E-state index contributed by atoms with van der Waals surface area (Å²) in [6.45, 7) is 9.77. The van der Waals surface area contributed by atoms with Crippen LogP contribution in [0.3, 0.4) is 0 Å². The smallest absolute Gasteiger partial charge is 0.131 e. The number of Topliss-reactive ketones (excluding diaryl/α,β-unsaturated/α-hetero) is 1. The van der Waals surface area contributed by atoms with Gasteiger partial charge in [0.25, 0.3) is 0 Å². The first kappa shape index (κ1) is 11.7. The van der Waals surface area contributed by atoms with Crippen LogP contribution >= 0.6 is 0 Å². The van der Waals surface area contributed by atoms with Gasteiger partial charge in [-0.15, -0.1) is 0 Å². The molecule has 0 aliphatic carbocycles. The van der Waals surface area contributed by atoms with Crippen LogP contribution in [0.15, 0.2) is 0 Å². The summed E-state index contributed by atoms with van der Waals surface area (Å²) in [6.07, 6.45) is 0.926. The third kappa shape index (κ3) is 2.79. The van der Waals surface area contributed by atoms with Crippen molar-refractivity contribution >= 4 is 5.78 Å². The molecule has 1 rings (SSSR count). The minimum absolute atomic E-state index is 0.267. The van der Waals surface area contributed by atoms with E-state index in [1.807, 2.05) is 0 Å². The van der Waals surface area contributed by atoms with Gasteiger partial charge in [0.15, 0.2) is 0 Å². The minimum atomic E-state index is 0.267. The molecule has 3 heteroatoms. The van der Waals surface area contributed by atoms with Gasteiger partial charge in [-0.3, -0.25) is 9.69 Å². The number of nitrogens with zero attached hydrogens (tertiary/aromatic N) is 1. The van der Waals surface area contributed by atoms with E-state index in [-0.39, 0.29) is 11.9 Å². The second-order valence-electron chi connectivity index (χ2n) is 4.31. The van der Waals surface area contributed by atoms with E-state index in [2.05, 4.69) is 25.7 Å². The highest BCUT2D eigenvalue weighted by Gasteiger charge is 2.28. The second-order valence-corrected chi connectivity index (χ2v) is 4.31. The third-order valence-corrected chi connectivity index (χ3v) is 3.08. The Labute approximate surface area is 86.4 Å². The van der Waals surface area contributed by atoms with Gasteiger partial charge >= 0.3 is 0 Å². The molecule has 1 fully saturated rings. The van der Waals surface area contributed by atoms with Gasteiger partial charge in [-0.1, -0.05) is 0 Å². The molecule has 1 aliphatic heterocycles. The van der Waals surface area contributed by atoms with Gasteiger partial charge in [0, 0.05) is 25.0 Å². The number of carbonyl (C=O) groups is 1. The first-order chi connectivity index (χ1) is 6.52. The predicted molar refractivity (Wildman–Crippen MR) is 56.3 cm³/mol. The third-order valence-electron chi connectivity index (χ3n) is 3.08. The second kappa shape index (κ2) is 4.89. The van der Waals surface area contributed by atoms with Crippen LogP contribution in [0.25, 0.3) is 0 Å². The van der Waals surface area contributed by atoms with E-state index in [0.29, 0.717) is 18.5 Å². The maximum atomic E-state index is 11.0. The molecule has 0 aromatic rings. The summed E-state index contributed by atoms with van der Waals surface area (Å²) in [6, 6.07) is 0.756. The van der Waals surface area contributed by atoms with Gasteiger partial charge in [0.2, 0.25) is 0 Å². The Morgan fingerprint density at radius 1 is 1.57 bits per heavy atom. The van der Waals surface area contributed by atoms with Crippen molar-refractivity contribution in [2.45, 2.75) is 52.3 Å². The molecule has 14 heavy (non-hydrogen) atoms. The number of morpholine rings is 1. The highest BCUT2D eigenvalue weighted by atomic mass is 16.5. The van der Waals surface area contributed by atoms with Gasteiger partial charge in [0.1, 0.15) is 5.78 Å². The molecule has 0 bridgehead atoms. The van der Waals surface area contributed by atoms with E-state index in [1.165, 1.54) is 0 Å². The average molecular weight is 199 g/mol. The van der Waals surface area contributed by atoms with E-state index < -0.39 is 0 Å². The lowest BCUT2D eigenvalue weighted by molar-refractivity contribution is -0.120. The van der Waals surface area contributed by atoms with Crippen LogP contribution in [0.5, 0.6) is 0 Å². The molecule has 3 unspecified atom stereocenters. The first-order valence-electron chi connectivity index (χ1n) is 5.39. The van der Waals surface area contributed by atoms with Gasteiger partial charge in [0.05, 0.1) is 12.7 Å². The first-order valence-corrected chi connectivity index (χ1v) is 5.39. The molecule has 1 aliphatic rings. The average Bonchev–Trinajstić information content (AvgIpc) is 2.08. The Morgan fingerprint density at radius 3 is 2.79 bits per heavy atom. The summed E-state index contributed by atoms with van der Waals surface area (Å²) in [5, 5.41) is 0. The Kier molecular flexibility index (Phi) is 4.08. The number of hydrogen-bond acceptors (Lipinski definition) is 3. The molecular weight excluding hydrogens is 178 g/mol. The van der Waals surface area contributed by atoms with Crippen LogP contribution in [-0.4, -0.2) is 42.0 Å². The van der Waals surface area contributed by atoms with Crippen molar-refractivity contribution in [2.24, 2.45) is 0 Å². The number of hydrogen-bond donors (Lipinski definition) is 0. The molecule has 3 nitrogen and oxygen atoms in total. The fraction of sp³-hybridized carbons (Fsp3) is 0.909. The molecule has 0 amide bonds. The zero-order valence-corrected chi connectivity index (χ0v) is 9.62. The Bertz CT molecular complexity index is 205. The van der Waals surface area contributed by atoms with Crippen molar-refractivity contribution in [3.63, 3.8) is 0 Å². The van der Waals surface area contributed by atoms with Crippen molar-refractivity contribution in [1.82, 2.24) is 4.90 Å². The van der Waals surface area contributed by atoms with Gasteiger partial charge in [-0.2, -0.15) is 0 Å². The summed E-state index contributed by atoms with van der Waals surface area (Å²) >= 11 is 0. The van der Waals surface area contributed by atoms with E-state index in [0.717, 1.165) is 13.2 Å². The lowest BCUT2D eigenvalue weighted by atomic mass is 10.1. The number of rotatable bonds is 3. The fourth-order valence-corrected chi connectivity index (χ4v) is 2.11. The molecule has 0 aromatic heterocycles. The highest BCUT2D eigenvalue weighted by Crippen LogP contribution is 2.17. The topological polar surface area (TPSA) is 29.5 Å². The van der Waals surface area contributed by atoms with Crippen LogP contribution in [0.4, 0.5) is 0 Å². The predicted octanol–water partition coefficient (Wildman–Crippen LogP) is 1.46. The van der Waals surface area contributed by atoms with Crippen molar-refractivity contribution < 1.29 is 9.53 Å². The largest absolute Gasteiger partial charge is 0.376 e. The number of ether oxygens (including phenoxy) is 1. The van der Waals surface area contributed by atoms with Crippen LogP contribution in [0, 0.1) is 0 Å². The van der Waals surface area contributed by atoms with Gasteiger partial charge in [-0.25, -0.2) is 0 Å². The summed E-state index contributed by atoms with van der Waals surface area (Å²) < 4.78 is 5.55. The quantitative estimate of drug-likeness (QED) is 0.689. The SMILES string of the molecule is CC(=O)CC(C)N1CCOC(C)C1C. The summed E-state index contributed by atoms with van der Waals surface area (Å²) in [7, 11) is 0. The maximum Gasteiger partial charge on any atom is 0.131 e. The van der Waals surface area contributed by atoms with Crippen LogP contribution < -0.4 is 0 Å². The van der Waals surface area contributed by atoms with Crippen molar-refractivity contribution in [1.29, 1.82) is 0 Å². The minimum Gasteiger partial charge on any atom is -0.376 e. The summed E-state index contributed by atoms with van der Waals surface area (Å²) in [4.78, 5) is 13.4. The number of ketones is 1. The zero-order valence-electron chi connectivity index (χ0n) is 9.62. The Balaban J connectivity index is 2.52. The molecule has 3 atom stereocenters. The summed E-state index contributed by atoms with van der Waals surface area (Å²) in [5.74, 6) is 0.267. The van der Waals surface area contributed by atoms with Crippen molar-refractivity contribution in [2.75, 3.05) is 13.2 Å². The van der Waals surface area contributed by atoms with Gasteiger partial charge < -0.3 is 4.74 Å². The van der Waals surface area contributed by atoms with E-state index in [9.17, 15) is 4.79 Å².